The average molecular weight is 284 g/mol. The van der Waals surface area contributed by atoms with E-state index in [2.05, 4.69) is 23.3 Å². The Morgan fingerprint density at radius 2 is 2.00 bits per heavy atom. The van der Waals surface area contributed by atoms with E-state index in [1.54, 1.807) is 12.1 Å². The predicted octanol–water partition coefficient (Wildman–Crippen LogP) is 4.04. The number of aryl methyl sites for hydroxylation is 2. The van der Waals surface area contributed by atoms with Crippen LogP contribution in [-0.2, 0) is 12.8 Å². The fourth-order valence-electron chi connectivity index (χ4n) is 2.22. The first kappa shape index (κ1) is 15.0. The van der Waals surface area contributed by atoms with Crippen LogP contribution in [0.2, 0.25) is 0 Å². The normalized spacial score (nSPS) is 10.4. The summed E-state index contributed by atoms with van der Waals surface area (Å²) in [6, 6.07) is 11.2. The van der Waals surface area contributed by atoms with Gasteiger partial charge in [0.1, 0.15) is 5.82 Å². The molecule has 1 aromatic heterocycles. The molecule has 0 saturated carbocycles. The number of carboxylic acids is 1. The molecule has 0 atom stereocenters. The Labute approximate surface area is 124 Å². The number of nitrogens with zero attached hydrogens (tertiary/aromatic N) is 1. The minimum Gasteiger partial charge on any atom is -0.478 e. The van der Waals surface area contributed by atoms with Gasteiger partial charge in [-0.3, -0.25) is 0 Å². The van der Waals surface area contributed by atoms with Crippen molar-refractivity contribution in [2.45, 2.75) is 33.1 Å². The van der Waals surface area contributed by atoms with Gasteiger partial charge in [0, 0.05) is 11.4 Å². The summed E-state index contributed by atoms with van der Waals surface area (Å²) in [7, 11) is 0. The summed E-state index contributed by atoms with van der Waals surface area (Å²) in [6.07, 6.45) is 2.73. The monoisotopic (exact) mass is 284 g/mol. The third-order valence-corrected chi connectivity index (χ3v) is 3.29. The summed E-state index contributed by atoms with van der Waals surface area (Å²) in [5.41, 5.74) is 3.22. The molecule has 21 heavy (non-hydrogen) atoms. The molecule has 4 nitrogen and oxygen atoms in total. The second-order valence-corrected chi connectivity index (χ2v) is 4.92. The number of aromatic nitrogens is 1. The number of benzene rings is 1. The van der Waals surface area contributed by atoms with Crippen LogP contribution in [0.1, 0.15) is 41.9 Å². The zero-order valence-electron chi connectivity index (χ0n) is 12.4. The first-order valence-corrected chi connectivity index (χ1v) is 7.23. The molecular formula is C17H20N2O2. The SMILES string of the molecule is CCCc1ccccc1Nc1cc(C(=O)O)cc(CC)n1. The molecule has 0 radical (unpaired) electrons. The lowest BCUT2D eigenvalue weighted by Gasteiger charge is -2.12. The number of hydrogen-bond donors (Lipinski definition) is 2. The molecule has 0 fully saturated rings. The largest absolute Gasteiger partial charge is 0.478 e. The Bertz CT molecular complexity index is 638. The van der Waals surface area contributed by atoms with Gasteiger partial charge in [-0.05, 0) is 36.6 Å². The first-order valence-electron chi connectivity index (χ1n) is 7.23. The van der Waals surface area contributed by atoms with Crippen LogP contribution in [-0.4, -0.2) is 16.1 Å². The number of carbonyl (C=O) groups is 1. The first-order chi connectivity index (χ1) is 10.1. The van der Waals surface area contributed by atoms with Gasteiger partial charge < -0.3 is 10.4 Å². The molecular weight excluding hydrogens is 264 g/mol. The number of para-hydroxylation sites is 1. The van der Waals surface area contributed by atoms with E-state index >= 15 is 0 Å². The van der Waals surface area contributed by atoms with Crippen molar-refractivity contribution >= 4 is 17.5 Å². The molecule has 0 bridgehead atoms. The molecule has 0 spiro atoms. The lowest BCUT2D eigenvalue weighted by molar-refractivity contribution is 0.0696. The van der Waals surface area contributed by atoms with E-state index < -0.39 is 5.97 Å². The van der Waals surface area contributed by atoms with Gasteiger partial charge in [-0.1, -0.05) is 38.5 Å². The molecule has 1 heterocycles. The second kappa shape index (κ2) is 6.88. The number of nitrogens with one attached hydrogen (secondary N) is 1. The molecule has 0 saturated heterocycles. The van der Waals surface area contributed by atoms with E-state index in [4.69, 9.17) is 0 Å². The maximum atomic E-state index is 11.2. The van der Waals surface area contributed by atoms with Gasteiger partial charge in [0.15, 0.2) is 0 Å². The lowest BCUT2D eigenvalue weighted by atomic mass is 10.1. The van der Waals surface area contributed by atoms with Crippen LogP contribution in [0.15, 0.2) is 36.4 Å². The summed E-state index contributed by atoms with van der Waals surface area (Å²) in [5.74, 6) is -0.354. The summed E-state index contributed by atoms with van der Waals surface area (Å²) in [5, 5.41) is 12.4. The maximum Gasteiger partial charge on any atom is 0.335 e. The molecule has 0 unspecified atom stereocenters. The predicted molar refractivity (Wildman–Crippen MR) is 84.3 cm³/mol. The molecule has 0 aliphatic rings. The zero-order chi connectivity index (χ0) is 15.2. The highest BCUT2D eigenvalue weighted by Gasteiger charge is 2.09. The third kappa shape index (κ3) is 3.81. The fourth-order valence-corrected chi connectivity index (χ4v) is 2.22. The number of hydrogen-bond acceptors (Lipinski definition) is 3. The topological polar surface area (TPSA) is 62.2 Å². The number of rotatable bonds is 6. The minimum absolute atomic E-state index is 0.261. The summed E-state index contributed by atoms with van der Waals surface area (Å²) in [6.45, 7) is 4.10. The molecule has 2 aromatic rings. The van der Waals surface area contributed by atoms with Crippen LogP contribution in [0.3, 0.4) is 0 Å². The smallest absolute Gasteiger partial charge is 0.335 e. The van der Waals surface area contributed by atoms with Crippen molar-refractivity contribution in [3.63, 3.8) is 0 Å². The van der Waals surface area contributed by atoms with Crippen LogP contribution < -0.4 is 5.32 Å². The molecule has 4 heteroatoms. The summed E-state index contributed by atoms with van der Waals surface area (Å²) < 4.78 is 0. The number of anilines is 2. The molecule has 0 aliphatic carbocycles. The minimum atomic E-state index is -0.933. The number of pyridine rings is 1. The Hall–Kier alpha value is -2.36. The quantitative estimate of drug-likeness (QED) is 0.840. The van der Waals surface area contributed by atoms with Crippen molar-refractivity contribution in [3.05, 3.63) is 53.2 Å². The second-order valence-electron chi connectivity index (χ2n) is 4.92. The van der Waals surface area contributed by atoms with Gasteiger partial charge in [-0.25, -0.2) is 9.78 Å². The zero-order valence-corrected chi connectivity index (χ0v) is 12.4. The molecule has 0 amide bonds. The van der Waals surface area contributed by atoms with E-state index in [0.29, 0.717) is 12.2 Å². The Balaban J connectivity index is 2.35. The van der Waals surface area contributed by atoms with Crippen LogP contribution in [0.4, 0.5) is 11.5 Å². The Kier molecular flexibility index (Phi) is 4.93. The number of carboxylic acid groups (broad SMARTS) is 1. The van der Waals surface area contributed by atoms with Crippen molar-refractivity contribution in [1.82, 2.24) is 4.98 Å². The molecule has 0 aliphatic heterocycles. The van der Waals surface area contributed by atoms with Gasteiger partial charge in [0.25, 0.3) is 0 Å². The summed E-state index contributed by atoms with van der Waals surface area (Å²) in [4.78, 5) is 15.6. The van der Waals surface area contributed by atoms with Crippen molar-refractivity contribution in [3.8, 4) is 0 Å². The lowest BCUT2D eigenvalue weighted by Crippen LogP contribution is -2.04. The van der Waals surface area contributed by atoms with E-state index in [0.717, 1.165) is 24.2 Å². The van der Waals surface area contributed by atoms with Crippen LogP contribution in [0.5, 0.6) is 0 Å². The van der Waals surface area contributed by atoms with Gasteiger partial charge in [0.05, 0.1) is 5.56 Å². The van der Waals surface area contributed by atoms with Gasteiger partial charge in [-0.15, -0.1) is 0 Å². The van der Waals surface area contributed by atoms with E-state index in [1.807, 2.05) is 25.1 Å². The van der Waals surface area contributed by atoms with Crippen LogP contribution in [0, 0.1) is 0 Å². The van der Waals surface area contributed by atoms with Crippen molar-refractivity contribution in [2.24, 2.45) is 0 Å². The number of aromatic carboxylic acids is 1. The van der Waals surface area contributed by atoms with Gasteiger partial charge >= 0.3 is 5.97 Å². The Morgan fingerprint density at radius 1 is 1.24 bits per heavy atom. The van der Waals surface area contributed by atoms with Crippen molar-refractivity contribution in [2.75, 3.05) is 5.32 Å². The van der Waals surface area contributed by atoms with E-state index in [1.165, 1.54) is 5.56 Å². The standard InChI is InChI=1S/C17H20N2O2/c1-3-7-12-8-5-6-9-15(12)19-16-11-13(17(20)21)10-14(4-2)18-16/h5-6,8-11H,3-4,7H2,1-2H3,(H,18,19)(H,20,21). The van der Waals surface area contributed by atoms with E-state index in [-0.39, 0.29) is 5.56 Å². The van der Waals surface area contributed by atoms with Crippen LogP contribution in [0.25, 0.3) is 0 Å². The van der Waals surface area contributed by atoms with Gasteiger partial charge in [0.2, 0.25) is 0 Å². The maximum absolute atomic E-state index is 11.2. The Morgan fingerprint density at radius 3 is 2.67 bits per heavy atom. The highest BCUT2D eigenvalue weighted by molar-refractivity contribution is 5.88. The summed E-state index contributed by atoms with van der Waals surface area (Å²) >= 11 is 0. The van der Waals surface area contributed by atoms with Crippen LogP contribution >= 0.6 is 0 Å². The molecule has 1 aromatic carbocycles. The molecule has 2 N–H and O–H groups in total. The third-order valence-electron chi connectivity index (χ3n) is 3.29. The highest BCUT2D eigenvalue weighted by Crippen LogP contribution is 2.22. The highest BCUT2D eigenvalue weighted by atomic mass is 16.4. The van der Waals surface area contributed by atoms with Gasteiger partial charge in [-0.2, -0.15) is 0 Å². The fraction of sp³-hybridized carbons (Fsp3) is 0.294. The molecule has 110 valence electrons. The van der Waals surface area contributed by atoms with Crippen molar-refractivity contribution < 1.29 is 9.90 Å². The van der Waals surface area contributed by atoms with E-state index in [9.17, 15) is 9.90 Å². The molecule has 2 rings (SSSR count). The van der Waals surface area contributed by atoms with Crippen molar-refractivity contribution in [1.29, 1.82) is 0 Å². The average Bonchev–Trinajstić information content (AvgIpc) is 2.49.